The first kappa shape index (κ1) is 18.0. The molecule has 3 rings (SSSR count). The zero-order valence-electron chi connectivity index (χ0n) is 15.1. The lowest BCUT2D eigenvalue weighted by atomic mass is 9.99. The summed E-state index contributed by atoms with van der Waals surface area (Å²) in [5, 5.41) is 12.0. The minimum Gasteiger partial charge on any atom is -0.454 e. The minimum atomic E-state index is -0.559. The molecule has 2 aromatic rings. The van der Waals surface area contributed by atoms with E-state index in [0.29, 0.717) is 11.7 Å². The summed E-state index contributed by atoms with van der Waals surface area (Å²) in [6.07, 6.45) is 1.98. The normalized spacial score (nSPS) is 15.1. The smallest absolute Gasteiger partial charge is 0.330 e. The highest BCUT2D eigenvalue weighted by Crippen LogP contribution is 2.16. The summed E-state index contributed by atoms with van der Waals surface area (Å²) in [4.78, 5) is 26.9. The van der Waals surface area contributed by atoms with E-state index in [-0.39, 0.29) is 19.1 Å². The number of aryl methyl sites for hydroxylation is 1. The van der Waals surface area contributed by atoms with Crippen molar-refractivity contribution in [1.82, 2.24) is 25.1 Å². The Balaban J connectivity index is 1.48. The summed E-state index contributed by atoms with van der Waals surface area (Å²) >= 11 is 0. The van der Waals surface area contributed by atoms with Gasteiger partial charge in [0.05, 0.1) is 0 Å². The Labute approximate surface area is 152 Å². The average molecular weight is 357 g/mol. The molecule has 1 aliphatic rings. The van der Waals surface area contributed by atoms with E-state index in [2.05, 4.69) is 22.3 Å². The van der Waals surface area contributed by atoms with E-state index in [1.807, 2.05) is 31.2 Å². The molecule has 0 spiro atoms. The van der Waals surface area contributed by atoms with E-state index >= 15 is 0 Å². The Morgan fingerprint density at radius 3 is 2.58 bits per heavy atom. The molecule has 0 saturated carbocycles. The average Bonchev–Trinajstić information content (AvgIpc) is 3.09. The number of ether oxygens (including phenoxy) is 1. The Morgan fingerprint density at radius 1 is 1.19 bits per heavy atom. The van der Waals surface area contributed by atoms with E-state index < -0.39 is 5.97 Å². The number of rotatable bonds is 5. The number of nitrogens with zero attached hydrogens (tertiary/aromatic N) is 5. The van der Waals surface area contributed by atoms with Gasteiger partial charge in [-0.25, -0.2) is 4.79 Å². The summed E-state index contributed by atoms with van der Waals surface area (Å²) in [5.41, 5.74) is 1.96. The molecule has 1 aromatic carbocycles. The van der Waals surface area contributed by atoms with Gasteiger partial charge in [-0.15, -0.1) is 10.2 Å². The van der Waals surface area contributed by atoms with Gasteiger partial charge >= 0.3 is 5.97 Å². The van der Waals surface area contributed by atoms with E-state index in [1.54, 1.807) is 4.90 Å². The third-order valence-electron chi connectivity index (χ3n) is 4.53. The van der Waals surface area contributed by atoms with Crippen LogP contribution in [-0.4, -0.2) is 56.7 Å². The van der Waals surface area contributed by atoms with Crippen LogP contribution < -0.4 is 0 Å². The van der Waals surface area contributed by atoms with Crippen molar-refractivity contribution in [1.29, 1.82) is 0 Å². The molecule has 8 heteroatoms. The topological polar surface area (TPSA) is 90.2 Å². The van der Waals surface area contributed by atoms with Crippen molar-refractivity contribution in [3.8, 4) is 11.4 Å². The monoisotopic (exact) mass is 357 g/mol. The minimum absolute atomic E-state index is 0.155. The van der Waals surface area contributed by atoms with E-state index in [0.717, 1.165) is 37.1 Å². The van der Waals surface area contributed by atoms with Gasteiger partial charge in [0.25, 0.3) is 5.91 Å². The van der Waals surface area contributed by atoms with Gasteiger partial charge in [0.1, 0.15) is 0 Å². The van der Waals surface area contributed by atoms with Gasteiger partial charge in [0, 0.05) is 18.7 Å². The summed E-state index contributed by atoms with van der Waals surface area (Å²) in [6, 6.07) is 7.70. The molecule has 0 unspecified atom stereocenters. The molecule has 1 saturated heterocycles. The highest BCUT2D eigenvalue weighted by molar-refractivity contribution is 5.80. The molecule has 8 nitrogen and oxygen atoms in total. The van der Waals surface area contributed by atoms with Crippen LogP contribution in [0.2, 0.25) is 0 Å². The lowest BCUT2D eigenvalue weighted by Crippen LogP contribution is -2.40. The van der Waals surface area contributed by atoms with Gasteiger partial charge in [0.15, 0.2) is 13.2 Å². The van der Waals surface area contributed by atoms with Crippen molar-refractivity contribution in [3.05, 3.63) is 29.8 Å². The summed E-state index contributed by atoms with van der Waals surface area (Å²) in [6.45, 7) is 5.20. The number of benzene rings is 1. The van der Waals surface area contributed by atoms with E-state index in [9.17, 15) is 9.59 Å². The van der Waals surface area contributed by atoms with Gasteiger partial charge in [-0.3, -0.25) is 4.79 Å². The largest absolute Gasteiger partial charge is 0.454 e. The molecule has 0 atom stereocenters. The van der Waals surface area contributed by atoms with Crippen LogP contribution >= 0.6 is 0 Å². The third-order valence-corrected chi connectivity index (χ3v) is 4.53. The predicted octanol–water partition coefficient (Wildman–Crippen LogP) is 1.45. The lowest BCUT2D eigenvalue weighted by molar-refractivity contribution is -0.153. The highest BCUT2D eigenvalue weighted by Gasteiger charge is 2.21. The van der Waals surface area contributed by atoms with E-state index in [4.69, 9.17) is 4.74 Å². The SMILES string of the molecule is Cc1ccc(-c2nnn(CC(=O)OCC(=O)N3CCC(C)CC3)n2)cc1. The van der Waals surface area contributed by atoms with Crippen LogP contribution in [0, 0.1) is 12.8 Å². The fourth-order valence-electron chi connectivity index (χ4n) is 2.78. The van der Waals surface area contributed by atoms with Gasteiger partial charge in [-0.1, -0.05) is 36.8 Å². The number of hydrogen-bond donors (Lipinski definition) is 0. The van der Waals surface area contributed by atoms with Crippen molar-refractivity contribution in [3.63, 3.8) is 0 Å². The molecule has 1 fully saturated rings. The van der Waals surface area contributed by atoms with Crippen molar-refractivity contribution >= 4 is 11.9 Å². The van der Waals surface area contributed by atoms with Crippen LogP contribution in [-0.2, 0) is 20.9 Å². The first-order valence-corrected chi connectivity index (χ1v) is 8.79. The number of piperidine rings is 1. The zero-order valence-corrected chi connectivity index (χ0v) is 15.1. The predicted molar refractivity (Wildman–Crippen MR) is 93.9 cm³/mol. The van der Waals surface area contributed by atoms with Crippen LogP contribution in [0.25, 0.3) is 11.4 Å². The number of carbonyl (C=O) groups is 2. The molecule has 26 heavy (non-hydrogen) atoms. The molecule has 2 heterocycles. The quantitative estimate of drug-likeness (QED) is 0.753. The molecule has 1 amide bonds. The molecule has 1 aliphatic heterocycles. The van der Waals surface area contributed by atoms with E-state index in [1.165, 1.54) is 4.80 Å². The number of carbonyl (C=O) groups excluding carboxylic acids is 2. The number of tetrazole rings is 1. The van der Waals surface area contributed by atoms with Crippen LogP contribution in [0.3, 0.4) is 0 Å². The Bertz CT molecular complexity index is 763. The maximum Gasteiger partial charge on any atom is 0.330 e. The second kappa shape index (κ2) is 8.07. The first-order chi connectivity index (χ1) is 12.5. The molecule has 1 aromatic heterocycles. The number of amides is 1. The fourth-order valence-corrected chi connectivity index (χ4v) is 2.78. The maximum absolute atomic E-state index is 12.1. The molecular formula is C18H23N5O3. The molecule has 138 valence electrons. The van der Waals surface area contributed by atoms with Crippen LogP contribution in [0.4, 0.5) is 0 Å². The molecule has 0 radical (unpaired) electrons. The maximum atomic E-state index is 12.1. The lowest BCUT2D eigenvalue weighted by Gasteiger charge is -2.30. The second-order valence-electron chi connectivity index (χ2n) is 6.73. The number of aromatic nitrogens is 4. The molecule has 0 N–H and O–H groups in total. The fraction of sp³-hybridized carbons (Fsp3) is 0.500. The van der Waals surface area contributed by atoms with Gasteiger partial charge in [-0.2, -0.15) is 4.80 Å². The number of esters is 1. The molecule has 0 aliphatic carbocycles. The van der Waals surface area contributed by atoms with Crippen molar-refractivity contribution in [2.45, 2.75) is 33.2 Å². The Morgan fingerprint density at radius 2 is 1.88 bits per heavy atom. The highest BCUT2D eigenvalue weighted by atomic mass is 16.5. The number of hydrogen-bond acceptors (Lipinski definition) is 6. The second-order valence-corrected chi connectivity index (χ2v) is 6.73. The molecular weight excluding hydrogens is 334 g/mol. The van der Waals surface area contributed by atoms with Crippen LogP contribution in [0.1, 0.15) is 25.3 Å². The summed E-state index contributed by atoms with van der Waals surface area (Å²) < 4.78 is 5.06. The first-order valence-electron chi connectivity index (χ1n) is 8.79. The van der Waals surface area contributed by atoms with Gasteiger partial charge in [0.2, 0.25) is 5.82 Å². The number of likely N-dealkylation sites (tertiary alicyclic amines) is 1. The van der Waals surface area contributed by atoms with Gasteiger partial charge < -0.3 is 9.64 Å². The van der Waals surface area contributed by atoms with Crippen molar-refractivity contribution < 1.29 is 14.3 Å². The van der Waals surface area contributed by atoms with Crippen LogP contribution in [0.15, 0.2) is 24.3 Å². The third kappa shape index (κ3) is 4.65. The van der Waals surface area contributed by atoms with Gasteiger partial charge in [-0.05, 0) is 30.9 Å². The zero-order chi connectivity index (χ0) is 18.5. The van der Waals surface area contributed by atoms with Crippen LogP contribution in [0.5, 0.6) is 0 Å². The Kier molecular flexibility index (Phi) is 5.60. The van der Waals surface area contributed by atoms with Crippen molar-refractivity contribution in [2.24, 2.45) is 5.92 Å². The standard InChI is InChI=1S/C18H23N5O3/c1-13-3-5-15(6-4-13)18-19-21-23(20-18)11-17(25)26-12-16(24)22-9-7-14(2)8-10-22/h3-6,14H,7-12H2,1-2H3. The van der Waals surface area contributed by atoms with Crippen molar-refractivity contribution in [2.75, 3.05) is 19.7 Å². The molecule has 0 bridgehead atoms. The summed E-state index contributed by atoms with van der Waals surface area (Å²) in [5.74, 6) is 0.368. The Hall–Kier alpha value is -2.77. The summed E-state index contributed by atoms with van der Waals surface area (Å²) in [7, 11) is 0.